The van der Waals surface area contributed by atoms with E-state index in [1.807, 2.05) is 13.2 Å². The average molecular weight is 445 g/mol. The molecule has 10 heteroatoms. The van der Waals surface area contributed by atoms with Gasteiger partial charge in [0.2, 0.25) is 0 Å². The molecule has 2 N–H and O–H groups in total. The Labute approximate surface area is 182 Å². The summed E-state index contributed by atoms with van der Waals surface area (Å²) in [6.45, 7) is 2.39. The van der Waals surface area contributed by atoms with E-state index in [1.54, 1.807) is 28.9 Å². The molecule has 1 heterocycles. The van der Waals surface area contributed by atoms with Crippen LogP contribution in [0.15, 0.2) is 42.5 Å². The van der Waals surface area contributed by atoms with Gasteiger partial charge in [-0.05, 0) is 55.1 Å². The Bertz CT molecular complexity index is 1090. The number of hydrogen-bond acceptors (Lipinski definition) is 5. The van der Waals surface area contributed by atoms with Crippen LogP contribution in [0.4, 0.5) is 8.78 Å². The Morgan fingerprint density at radius 1 is 1.03 bits per heavy atom. The summed E-state index contributed by atoms with van der Waals surface area (Å²) in [6, 6.07) is 10.2. The number of rotatable bonds is 8. The number of aromatic nitrogens is 3. The highest BCUT2D eigenvalue weighted by Gasteiger charge is 2.20. The van der Waals surface area contributed by atoms with Crippen molar-refractivity contribution in [1.29, 1.82) is 0 Å². The fraction of sp³-hybridized carbons (Fsp3) is 0.238. The minimum atomic E-state index is -0.975. The summed E-state index contributed by atoms with van der Waals surface area (Å²) in [7, 11) is 0. The average Bonchev–Trinajstić information content (AvgIpc) is 3.18. The predicted molar refractivity (Wildman–Crippen MR) is 114 cm³/mol. The highest BCUT2D eigenvalue weighted by molar-refractivity contribution is 7.97. The smallest absolute Gasteiger partial charge is 0.274 e. The van der Waals surface area contributed by atoms with Gasteiger partial charge in [-0.1, -0.05) is 11.3 Å². The van der Waals surface area contributed by atoms with Crippen LogP contribution >= 0.6 is 11.8 Å². The zero-order chi connectivity index (χ0) is 22.4. The third kappa shape index (κ3) is 5.26. The van der Waals surface area contributed by atoms with Crippen LogP contribution < -0.4 is 10.6 Å². The van der Waals surface area contributed by atoms with Gasteiger partial charge >= 0.3 is 0 Å². The molecule has 2 aromatic carbocycles. The van der Waals surface area contributed by atoms with E-state index in [-0.39, 0.29) is 18.1 Å². The monoisotopic (exact) mass is 445 g/mol. The molecule has 0 atom stereocenters. The second-order valence-corrected chi connectivity index (χ2v) is 7.43. The Morgan fingerprint density at radius 3 is 2.42 bits per heavy atom. The van der Waals surface area contributed by atoms with Crippen LogP contribution in [0, 0.1) is 11.6 Å². The van der Waals surface area contributed by atoms with Crippen molar-refractivity contribution in [3.05, 3.63) is 76.6 Å². The van der Waals surface area contributed by atoms with E-state index in [2.05, 4.69) is 20.9 Å². The van der Waals surface area contributed by atoms with Gasteiger partial charge in [-0.15, -0.1) is 5.10 Å². The molecule has 0 saturated carbocycles. The minimum Gasteiger partial charge on any atom is -0.352 e. The lowest BCUT2D eigenvalue weighted by atomic mass is 10.2. The summed E-state index contributed by atoms with van der Waals surface area (Å²) in [4.78, 5) is 24.6. The van der Waals surface area contributed by atoms with E-state index < -0.39 is 17.5 Å². The summed E-state index contributed by atoms with van der Waals surface area (Å²) < 4.78 is 28.0. The molecule has 0 bridgehead atoms. The van der Waals surface area contributed by atoms with Crippen molar-refractivity contribution in [2.45, 2.75) is 19.2 Å². The van der Waals surface area contributed by atoms with E-state index in [4.69, 9.17) is 0 Å². The fourth-order valence-electron chi connectivity index (χ4n) is 2.88. The molecule has 0 radical (unpaired) electrons. The van der Waals surface area contributed by atoms with E-state index in [1.165, 1.54) is 17.8 Å². The van der Waals surface area contributed by atoms with Crippen molar-refractivity contribution >= 4 is 23.6 Å². The number of hydrogen-bond donors (Lipinski definition) is 2. The highest BCUT2D eigenvalue weighted by atomic mass is 32.2. The van der Waals surface area contributed by atoms with Gasteiger partial charge in [0.05, 0.1) is 11.4 Å². The normalized spacial score (nSPS) is 10.7. The Kier molecular flexibility index (Phi) is 7.35. The highest BCUT2D eigenvalue weighted by Crippen LogP contribution is 2.19. The molecule has 31 heavy (non-hydrogen) atoms. The zero-order valence-electron chi connectivity index (χ0n) is 17.0. The third-order valence-electron chi connectivity index (χ3n) is 4.41. The van der Waals surface area contributed by atoms with Crippen LogP contribution in [0.25, 0.3) is 5.69 Å². The van der Waals surface area contributed by atoms with E-state index in [0.29, 0.717) is 34.8 Å². The van der Waals surface area contributed by atoms with E-state index in [9.17, 15) is 18.4 Å². The molecule has 0 saturated heterocycles. The third-order valence-corrected chi connectivity index (χ3v) is 4.97. The van der Waals surface area contributed by atoms with Crippen LogP contribution in [0.2, 0.25) is 0 Å². The summed E-state index contributed by atoms with van der Waals surface area (Å²) in [5, 5.41) is 13.5. The Balaban J connectivity index is 1.80. The number of carbonyl (C=O) groups excluding carboxylic acids is 2. The first kappa shape index (κ1) is 22.4. The number of amides is 2. The van der Waals surface area contributed by atoms with Crippen LogP contribution in [0.5, 0.6) is 0 Å². The quantitative estimate of drug-likeness (QED) is 0.556. The van der Waals surface area contributed by atoms with Crippen molar-refractivity contribution in [1.82, 2.24) is 25.6 Å². The molecule has 0 aliphatic heterocycles. The maximum atomic E-state index is 13.4. The summed E-state index contributed by atoms with van der Waals surface area (Å²) in [6.07, 6.45) is 1.89. The van der Waals surface area contributed by atoms with Gasteiger partial charge < -0.3 is 10.6 Å². The molecule has 3 rings (SSSR count). The lowest BCUT2D eigenvalue weighted by Gasteiger charge is -2.09. The lowest BCUT2D eigenvalue weighted by molar-refractivity contribution is 0.0940. The van der Waals surface area contributed by atoms with Gasteiger partial charge in [0, 0.05) is 24.4 Å². The van der Waals surface area contributed by atoms with Gasteiger partial charge in [0.25, 0.3) is 11.8 Å². The van der Waals surface area contributed by atoms with Gasteiger partial charge in [-0.2, -0.15) is 11.8 Å². The van der Waals surface area contributed by atoms with Gasteiger partial charge in [0.1, 0.15) is 0 Å². The Hall–Kier alpha value is -3.27. The first-order valence-electron chi connectivity index (χ1n) is 9.48. The summed E-state index contributed by atoms with van der Waals surface area (Å²) in [5.74, 6) is -2.09. The second-order valence-electron chi connectivity index (χ2n) is 6.57. The minimum absolute atomic E-state index is 0.0167. The first-order valence-corrected chi connectivity index (χ1v) is 10.9. The lowest BCUT2D eigenvalue weighted by Crippen LogP contribution is -2.24. The van der Waals surface area contributed by atoms with Crippen molar-refractivity contribution in [2.75, 3.05) is 12.8 Å². The predicted octanol–water partition coefficient (Wildman–Crippen LogP) is 3.09. The topological polar surface area (TPSA) is 88.9 Å². The molecule has 3 aromatic rings. The zero-order valence-corrected chi connectivity index (χ0v) is 17.8. The number of thioether (sulfide) groups is 1. The summed E-state index contributed by atoms with van der Waals surface area (Å²) in [5.41, 5.74) is 2.32. The van der Waals surface area contributed by atoms with Gasteiger partial charge in [-0.25, -0.2) is 13.5 Å². The summed E-state index contributed by atoms with van der Waals surface area (Å²) >= 11 is 1.50. The van der Waals surface area contributed by atoms with Crippen molar-refractivity contribution in [2.24, 2.45) is 0 Å². The largest absolute Gasteiger partial charge is 0.352 e. The van der Waals surface area contributed by atoms with Gasteiger partial charge in [-0.3, -0.25) is 9.59 Å². The molecule has 2 amide bonds. The fourth-order valence-corrected chi connectivity index (χ4v) is 3.42. The molecule has 1 aromatic heterocycles. The molecule has 7 nitrogen and oxygen atoms in total. The van der Waals surface area contributed by atoms with E-state index >= 15 is 0 Å². The standard InChI is InChI=1S/C21H21F2N5O2S/c1-3-24-20(29)14-5-7-15(8-6-14)28-18(12-31-2)19(26-27-28)21(30)25-11-13-4-9-16(22)17(23)10-13/h4-10H,3,11-12H2,1-2H3,(H,24,29)(H,25,30). The molecule has 162 valence electrons. The SMILES string of the molecule is CCNC(=O)c1ccc(-n2nnc(C(=O)NCc3ccc(F)c(F)c3)c2CSC)cc1. The van der Waals surface area contributed by atoms with Crippen LogP contribution in [0.3, 0.4) is 0 Å². The number of nitrogens with zero attached hydrogens (tertiary/aromatic N) is 3. The molecule has 0 aliphatic rings. The van der Waals surface area contributed by atoms with Crippen LogP contribution in [-0.4, -0.2) is 39.6 Å². The van der Waals surface area contributed by atoms with Crippen LogP contribution in [0.1, 0.15) is 39.0 Å². The number of benzene rings is 2. The molecular formula is C21H21F2N5O2S. The number of nitrogens with one attached hydrogen (secondary N) is 2. The Morgan fingerprint density at radius 2 is 1.77 bits per heavy atom. The van der Waals surface area contributed by atoms with E-state index in [0.717, 1.165) is 12.1 Å². The maximum Gasteiger partial charge on any atom is 0.274 e. The molecule has 0 fully saturated rings. The molecule has 0 unspecified atom stereocenters. The second kappa shape index (κ2) is 10.2. The number of halogens is 2. The molecule has 0 spiro atoms. The van der Waals surface area contributed by atoms with Gasteiger partial charge in [0.15, 0.2) is 17.3 Å². The van der Waals surface area contributed by atoms with Crippen molar-refractivity contribution in [3.63, 3.8) is 0 Å². The molecular weight excluding hydrogens is 424 g/mol. The molecule has 0 aliphatic carbocycles. The van der Waals surface area contributed by atoms with Crippen molar-refractivity contribution < 1.29 is 18.4 Å². The van der Waals surface area contributed by atoms with Crippen molar-refractivity contribution in [3.8, 4) is 5.69 Å². The van der Waals surface area contributed by atoms with Crippen LogP contribution in [-0.2, 0) is 12.3 Å². The number of carbonyl (C=O) groups is 2. The maximum absolute atomic E-state index is 13.4. The first-order chi connectivity index (χ1) is 14.9.